The number of hydrogen-bond acceptors (Lipinski definition) is 3. The van der Waals surface area contributed by atoms with Crippen LogP contribution in [0, 0.1) is 0 Å². The summed E-state index contributed by atoms with van der Waals surface area (Å²) < 4.78 is 11.6. The molecule has 1 aromatic heterocycles. The van der Waals surface area contributed by atoms with Crippen molar-refractivity contribution in [3.05, 3.63) is 65.9 Å². The Morgan fingerprint density at radius 2 is 1.83 bits per heavy atom. The van der Waals surface area contributed by atoms with Gasteiger partial charge in [0.25, 0.3) is 5.91 Å². The normalized spacial score (nSPS) is 12.1. The third kappa shape index (κ3) is 3.43. The van der Waals surface area contributed by atoms with E-state index in [-0.39, 0.29) is 18.6 Å². The number of rotatable bonds is 6. The van der Waals surface area contributed by atoms with Crippen LogP contribution in [-0.4, -0.2) is 11.9 Å². The number of hydrogen-bond donors (Lipinski definition) is 1. The van der Waals surface area contributed by atoms with Crippen molar-refractivity contribution >= 4 is 16.9 Å². The fourth-order valence-electron chi connectivity index (χ4n) is 2.49. The fourth-order valence-corrected chi connectivity index (χ4v) is 2.49. The summed E-state index contributed by atoms with van der Waals surface area (Å²) in [5, 5.41) is 3.86. The summed E-state index contributed by atoms with van der Waals surface area (Å²) in [6.45, 7) is 4.29. The van der Waals surface area contributed by atoms with Crippen LogP contribution in [-0.2, 0) is 6.61 Å². The summed E-state index contributed by atoms with van der Waals surface area (Å²) in [7, 11) is 0. The first-order valence-corrected chi connectivity index (χ1v) is 8.18. The highest BCUT2D eigenvalue weighted by Crippen LogP contribution is 2.27. The van der Waals surface area contributed by atoms with Gasteiger partial charge in [-0.1, -0.05) is 43.3 Å². The smallest absolute Gasteiger partial charge is 0.287 e. The maximum Gasteiger partial charge on any atom is 0.287 e. The minimum atomic E-state index is -0.202. The van der Waals surface area contributed by atoms with Crippen molar-refractivity contribution < 1.29 is 13.9 Å². The molecule has 0 radical (unpaired) electrons. The number of para-hydroxylation sites is 2. The maximum atomic E-state index is 12.6. The minimum Gasteiger partial charge on any atom is -0.489 e. The molecule has 0 spiro atoms. The second kappa shape index (κ2) is 7.21. The highest BCUT2D eigenvalue weighted by Gasteiger charge is 2.21. The van der Waals surface area contributed by atoms with Crippen LogP contribution >= 0.6 is 0 Å². The standard InChI is InChI=1S/C20H21NO3/c1-3-14(2)21-20(22)19-17(13-23-15-9-5-4-6-10-15)16-11-7-8-12-18(16)24-19/h4-12,14H,3,13H2,1-2H3,(H,21,22)/t14-/m1/s1. The van der Waals surface area contributed by atoms with Crippen molar-refractivity contribution in [3.63, 3.8) is 0 Å². The van der Waals surface area contributed by atoms with Crippen LogP contribution in [0.1, 0.15) is 36.4 Å². The van der Waals surface area contributed by atoms with Crippen LogP contribution in [0.25, 0.3) is 11.0 Å². The van der Waals surface area contributed by atoms with Gasteiger partial charge in [0, 0.05) is 17.0 Å². The van der Waals surface area contributed by atoms with E-state index in [1.54, 1.807) is 0 Å². The van der Waals surface area contributed by atoms with Gasteiger partial charge < -0.3 is 14.5 Å². The molecule has 1 heterocycles. The van der Waals surface area contributed by atoms with Crippen LogP contribution in [0.5, 0.6) is 5.75 Å². The molecule has 4 heteroatoms. The van der Waals surface area contributed by atoms with Gasteiger partial charge in [-0.2, -0.15) is 0 Å². The molecule has 24 heavy (non-hydrogen) atoms. The SMILES string of the molecule is CC[C@@H](C)NC(=O)c1oc2ccccc2c1COc1ccccc1. The molecule has 1 atom stereocenters. The summed E-state index contributed by atoms with van der Waals surface area (Å²) in [5.74, 6) is 0.885. The zero-order valence-electron chi connectivity index (χ0n) is 13.9. The molecule has 1 N–H and O–H groups in total. The lowest BCUT2D eigenvalue weighted by Gasteiger charge is -2.11. The van der Waals surface area contributed by atoms with E-state index < -0.39 is 0 Å². The highest BCUT2D eigenvalue weighted by molar-refractivity contribution is 5.99. The predicted molar refractivity (Wildman–Crippen MR) is 94.2 cm³/mol. The van der Waals surface area contributed by atoms with Gasteiger partial charge in [0.05, 0.1) is 0 Å². The molecule has 0 fully saturated rings. The van der Waals surface area contributed by atoms with Crippen LogP contribution in [0.15, 0.2) is 59.0 Å². The van der Waals surface area contributed by atoms with Crippen LogP contribution in [0.4, 0.5) is 0 Å². The summed E-state index contributed by atoms with van der Waals surface area (Å²) in [4.78, 5) is 12.6. The van der Waals surface area contributed by atoms with Gasteiger partial charge >= 0.3 is 0 Å². The van der Waals surface area contributed by atoms with E-state index in [9.17, 15) is 4.79 Å². The molecule has 3 aromatic rings. The molecule has 0 aliphatic heterocycles. The second-order valence-corrected chi connectivity index (χ2v) is 5.79. The fraction of sp³-hybridized carbons (Fsp3) is 0.250. The molecule has 0 saturated carbocycles. The molecule has 0 aliphatic rings. The topological polar surface area (TPSA) is 51.5 Å². The monoisotopic (exact) mass is 323 g/mol. The van der Waals surface area contributed by atoms with Crippen LogP contribution in [0.2, 0.25) is 0 Å². The second-order valence-electron chi connectivity index (χ2n) is 5.79. The van der Waals surface area contributed by atoms with Crippen LogP contribution < -0.4 is 10.1 Å². The molecule has 3 rings (SSSR count). The first-order valence-electron chi connectivity index (χ1n) is 8.18. The Labute approximate surface area is 141 Å². The highest BCUT2D eigenvalue weighted by atomic mass is 16.5. The van der Waals surface area contributed by atoms with Crippen molar-refractivity contribution in [1.82, 2.24) is 5.32 Å². The molecule has 1 amide bonds. The van der Waals surface area contributed by atoms with E-state index in [2.05, 4.69) is 5.32 Å². The van der Waals surface area contributed by atoms with Crippen molar-refractivity contribution in [3.8, 4) is 5.75 Å². The maximum absolute atomic E-state index is 12.6. The van der Waals surface area contributed by atoms with E-state index in [0.29, 0.717) is 11.3 Å². The average molecular weight is 323 g/mol. The van der Waals surface area contributed by atoms with E-state index in [1.807, 2.05) is 68.4 Å². The van der Waals surface area contributed by atoms with E-state index in [4.69, 9.17) is 9.15 Å². The minimum absolute atomic E-state index is 0.0913. The number of fused-ring (bicyclic) bond motifs is 1. The van der Waals surface area contributed by atoms with E-state index >= 15 is 0 Å². The molecule has 4 nitrogen and oxygen atoms in total. The van der Waals surface area contributed by atoms with Crippen molar-refractivity contribution in [2.45, 2.75) is 32.9 Å². The Balaban J connectivity index is 1.91. The molecular formula is C20H21NO3. The first-order chi connectivity index (χ1) is 11.7. The van der Waals surface area contributed by atoms with Crippen molar-refractivity contribution in [2.24, 2.45) is 0 Å². The number of furan rings is 1. The van der Waals surface area contributed by atoms with Crippen LogP contribution in [0.3, 0.4) is 0 Å². The van der Waals surface area contributed by atoms with Gasteiger partial charge in [-0.15, -0.1) is 0 Å². The number of carbonyl (C=O) groups excluding carboxylic acids is 1. The predicted octanol–water partition coefficient (Wildman–Crippen LogP) is 4.54. The summed E-state index contributed by atoms with van der Waals surface area (Å²) in [6, 6.07) is 17.3. The average Bonchev–Trinajstić information content (AvgIpc) is 2.99. The Morgan fingerprint density at radius 1 is 1.12 bits per heavy atom. The van der Waals surface area contributed by atoms with Gasteiger partial charge in [-0.25, -0.2) is 0 Å². The van der Waals surface area contributed by atoms with Gasteiger partial charge in [-0.05, 0) is 31.5 Å². The van der Waals surface area contributed by atoms with Gasteiger partial charge in [0.1, 0.15) is 17.9 Å². The number of benzene rings is 2. The van der Waals surface area contributed by atoms with E-state index in [0.717, 1.165) is 23.1 Å². The Morgan fingerprint density at radius 3 is 2.58 bits per heavy atom. The number of carbonyl (C=O) groups is 1. The molecule has 0 unspecified atom stereocenters. The molecular weight excluding hydrogens is 302 g/mol. The quantitative estimate of drug-likeness (QED) is 0.724. The summed E-state index contributed by atoms with van der Waals surface area (Å²) in [5.41, 5.74) is 1.47. The van der Waals surface area contributed by atoms with Gasteiger partial charge in [0.2, 0.25) is 0 Å². The molecule has 124 valence electrons. The summed E-state index contributed by atoms with van der Waals surface area (Å²) in [6.07, 6.45) is 0.863. The van der Waals surface area contributed by atoms with E-state index in [1.165, 1.54) is 0 Å². The first kappa shape index (κ1) is 16.1. The van der Waals surface area contributed by atoms with Crippen molar-refractivity contribution in [1.29, 1.82) is 0 Å². The molecule has 0 aliphatic carbocycles. The third-order valence-electron chi connectivity index (χ3n) is 4.02. The summed E-state index contributed by atoms with van der Waals surface area (Å²) >= 11 is 0. The molecule has 2 aromatic carbocycles. The zero-order chi connectivity index (χ0) is 16.9. The lowest BCUT2D eigenvalue weighted by Crippen LogP contribution is -2.32. The molecule has 0 saturated heterocycles. The number of amides is 1. The Hall–Kier alpha value is -2.75. The Bertz CT molecular complexity index is 823. The number of nitrogens with one attached hydrogen (secondary N) is 1. The molecule has 0 bridgehead atoms. The van der Waals surface area contributed by atoms with Gasteiger partial charge in [-0.3, -0.25) is 4.79 Å². The third-order valence-corrected chi connectivity index (χ3v) is 4.02. The lowest BCUT2D eigenvalue weighted by atomic mass is 10.1. The van der Waals surface area contributed by atoms with Crippen molar-refractivity contribution in [2.75, 3.05) is 0 Å². The number of ether oxygens (including phenoxy) is 1. The Kier molecular flexibility index (Phi) is 4.85. The lowest BCUT2D eigenvalue weighted by molar-refractivity contribution is 0.0910. The zero-order valence-corrected chi connectivity index (χ0v) is 13.9. The van der Waals surface area contributed by atoms with Gasteiger partial charge in [0.15, 0.2) is 5.76 Å². The largest absolute Gasteiger partial charge is 0.489 e.